The first-order valence-electron chi connectivity index (χ1n) is 10.1. The molecule has 1 amide bonds. The van der Waals surface area contributed by atoms with Crippen LogP contribution in [0.1, 0.15) is 24.2 Å². The minimum absolute atomic E-state index is 0.0882. The summed E-state index contributed by atoms with van der Waals surface area (Å²) in [6.07, 6.45) is 2.51. The van der Waals surface area contributed by atoms with E-state index in [4.69, 9.17) is 21.3 Å². The molecule has 4 rings (SSSR count). The molecule has 1 unspecified atom stereocenters. The summed E-state index contributed by atoms with van der Waals surface area (Å²) in [4.78, 5) is 21.9. The second-order valence-electron chi connectivity index (χ2n) is 7.39. The van der Waals surface area contributed by atoms with Crippen LogP contribution in [0, 0.1) is 0 Å². The van der Waals surface area contributed by atoms with E-state index in [-0.39, 0.29) is 11.9 Å². The molecule has 2 aromatic rings. The molecule has 3 heterocycles. The predicted octanol–water partition coefficient (Wildman–Crippen LogP) is 2.20. The molecule has 9 heteroatoms. The largest absolute Gasteiger partial charge is 0.379 e. The van der Waals surface area contributed by atoms with Crippen LogP contribution in [0.2, 0.25) is 5.02 Å². The van der Waals surface area contributed by atoms with Gasteiger partial charge in [0, 0.05) is 55.7 Å². The molecule has 1 aromatic carbocycles. The highest BCUT2D eigenvalue weighted by Gasteiger charge is 2.32. The Balaban J connectivity index is 1.31. The maximum absolute atomic E-state index is 12.7. The zero-order chi connectivity index (χ0) is 20.1. The van der Waals surface area contributed by atoms with Gasteiger partial charge in [0.25, 0.3) is 0 Å². The number of amides is 1. The van der Waals surface area contributed by atoms with Crippen molar-refractivity contribution >= 4 is 34.2 Å². The van der Waals surface area contributed by atoms with E-state index < -0.39 is 0 Å². The number of nitrogens with zero attached hydrogens (tertiary/aromatic N) is 4. The van der Waals surface area contributed by atoms with E-state index in [2.05, 4.69) is 19.5 Å². The summed E-state index contributed by atoms with van der Waals surface area (Å²) in [6, 6.07) is 7.58. The number of aromatic nitrogens is 2. The lowest BCUT2D eigenvalue weighted by atomic mass is 10.1. The number of halogens is 1. The molecule has 1 aromatic heterocycles. The topological polar surface area (TPSA) is 70.6 Å². The first-order valence-corrected chi connectivity index (χ1v) is 11.3. The number of hydrogen-bond acceptors (Lipinski definition) is 7. The van der Waals surface area contributed by atoms with E-state index in [1.807, 2.05) is 24.3 Å². The monoisotopic (exact) mass is 435 g/mol. The van der Waals surface area contributed by atoms with Gasteiger partial charge in [0.05, 0.1) is 13.2 Å². The van der Waals surface area contributed by atoms with Crippen LogP contribution in [-0.4, -0.2) is 72.1 Å². The van der Waals surface area contributed by atoms with Crippen molar-refractivity contribution in [3.05, 3.63) is 40.7 Å². The molecule has 2 fully saturated rings. The van der Waals surface area contributed by atoms with Gasteiger partial charge in [0.15, 0.2) is 0 Å². The van der Waals surface area contributed by atoms with Crippen molar-refractivity contribution in [1.82, 2.24) is 19.6 Å². The molecule has 0 bridgehead atoms. The highest BCUT2D eigenvalue weighted by molar-refractivity contribution is 7.09. The first kappa shape index (κ1) is 20.5. The van der Waals surface area contributed by atoms with E-state index in [0.717, 1.165) is 73.8 Å². The third-order valence-electron chi connectivity index (χ3n) is 5.36. The summed E-state index contributed by atoms with van der Waals surface area (Å²) in [5.74, 6) is 0.871. The summed E-state index contributed by atoms with van der Waals surface area (Å²) in [5, 5.41) is 4.66. The van der Waals surface area contributed by atoms with E-state index in [0.29, 0.717) is 13.0 Å². The fourth-order valence-electron chi connectivity index (χ4n) is 3.77. The molecular weight excluding hydrogens is 410 g/mol. The lowest BCUT2D eigenvalue weighted by molar-refractivity contribution is -0.122. The van der Waals surface area contributed by atoms with Gasteiger partial charge >= 0.3 is 0 Å². The lowest BCUT2D eigenvalue weighted by Crippen LogP contribution is -2.46. The molecule has 7 nitrogen and oxygen atoms in total. The first-order chi connectivity index (χ1) is 14.2. The molecule has 0 radical (unpaired) electrons. The molecule has 0 spiro atoms. The smallest absolute Gasteiger partial charge is 0.242 e. The Morgan fingerprint density at radius 2 is 2.03 bits per heavy atom. The normalized spacial score (nSPS) is 20.2. The van der Waals surface area contributed by atoms with Crippen molar-refractivity contribution in [2.24, 2.45) is 0 Å². The maximum Gasteiger partial charge on any atom is 0.242 e. The summed E-state index contributed by atoms with van der Waals surface area (Å²) < 4.78 is 9.86. The molecule has 29 heavy (non-hydrogen) atoms. The SMILES string of the molecule is O=C(NCCN1CCOCC1)C1CCCN1c1nc(Cc2ccc(Cl)cc2)ns1. The minimum Gasteiger partial charge on any atom is -0.379 e. The second kappa shape index (κ2) is 9.84. The fraction of sp³-hybridized carbons (Fsp3) is 0.550. The molecule has 2 aliphatic rings. The zero-order valence-electron chi connectivity index (χ0n) is 16.3. The molecule has 2 saturated heterocycles. The van der Waals surface area contributed by atoms with Crippen LogP contribution >= 0.6 is 23.1 Å². The van der Waals surface area contributed by atoms with Crippen molar-refractivity contribution in [2.45, 2.75) is 25.3 Å². The number of benzene rings is 1. The Kier molecular flexibility index (Phi) is 6.97. The zero-order valence-corrected chi connectivity index (χ0v) is 17.9. The van der Waals surface area contributed by atoms with Gasteiger partial charge in [0.2, 0.25) is 11.0 Å². The average molecular weight is 436 g/mol. The summed E-state index contributed by atoms with van der Waals surface area (Å²) in [6.45, 7) is 5.81. The van der Waals surface area contributed by atoms with E-state index >= 15 is 0 Å². The van der Waals surface area contributed by atoms with Gasteiger partial charge in [-0.25, -0.2) is 4.98 Å². The molecule has 0 saturated carbocycles. The van der Waals surface area contributed by atoms with Crippen LogP contribution in [0.5, 0.6) is 0 Å². The van der Waals surface area contributed by atoms with E-state index in [1.54, 1.807) is 0 Å². The van der Waals surface area contributed by atoms with Crippen LogP contribution in [0.15, 0.2) is 24.3 Å². The number of ether oxygens (including phenoxy) is 1. The number of hydrogen-bond donors (Lipinski definition) is 1. The van der Waals surface area contributed by atoms with E-state index in [1.165, 1.54) is 11.5 Å². The van der Waals surface area contributed by atoms with Crippen LogP contribution in [-0.2, 0) is 16.0 Å². The Morgan fingerprint density at radius 3 is 2.83 bits per heavy atom. The number of morpholine rings is 1. The van der Waals surface area contributed by atoms with Gasteiger partial charge in [-0.05, 0) is 30.5 Å². The van der Waals surface area contributed by atoms with Gasteiger partial charge in [-0.2, -0.15) is 4.37 Å². The average Bonchev–Trinajstić information content (AvgIpc) is 3.40. The quantitative estimate of drug-likeness (QED) is 0.719. The Hall–Kier alpha value is -1.74. The predicted molar refractivity (Wildman–Crippen MR) is 115 cm³/mol. The van der Waals surface area contributed by atoms with Gasteiger partial charge < -0.3 is 15.0 Å². The van der Waals surface area contributed by atoms with Crippen molar-refractivity contribution in [3.8, 4) is 0 Å². The number of rotatable bonds is 7. The van der Waals surface area contributed by atoms with Crippen LogP contribution in [0.4, 0.5) is 5.13 Å². The van der Waals surface area contributed by atoms with E-state index in [9.17, 15) is 4.79 Å². The third-order valence-corrected chi connectivity index (χ3v) is 6.41. The molecular formula is C20H26ClN5O2S. The van der Waals surface area contributed by atoms with Crippen LogP contribution < -0.4 is 10.2 Å². The number of anilines is 1. The highest BCUT2D eigenvalue weighted by Crippen LogP contribution is 2.27. The maximum atomic E-state index is 12.7. The fourth-order valence-corrected chi connectivity index (χ4v) is 4.65. The Labute approximate surface area is 180 Å². The van der Waals surface area contributed by atoms with Gasteiger partial charge in [-0.3, -0.25) is 9.69 Å². The summed E-state index contributed by atoms with van der Waals surface area (Å²) in [7, 11) is 0. The van der Waals surface area contributed by atoms with Gasteiger partial charge in [-0.1, -0.05) is 23.7 Å². The van der Waals surface area contributed by atoms with Crippen molar-refractivity contribution in [3.63, 3.8) is 0 Å². The number of carbonyl (C=O) groups excluding carboxylic acids is 1. The summed E-state index contributed by atoms with van der Waals surface area (Å²) in [5.41, 5.74) is 1.12. The van der Waals surface area contributed by atoms with Crippen LogP contribution in [0.25, 0.3) is 0 Å². The molecule has 1 atom stereocenters. The molecule has 1 N–H and O–H groups in total. The van der Waals surface area contributed by atoms with Crippen molar-refractivity contribution in [2.75, 3.05) is 50.8 Å². The number of nitrogens with one attached hydrogen (secondary N) is 1. The van der Waals surface area contributed by atoms with Crippen molar-refractivity contribution < 1.29 is 9.53 Å². The van der Waals surface area contributed by atoms with Gasteiger partial charge in [-0.15, -0.1) is 0 Å². The number of carbonyl (C=O) groups is 1. The van der Waals surface area contributed by atoms with Gasteiger partial charge in [0.1, 0.15) is 11.9 Å². The third kappa shape index (κ3) is 5.45. The lowest BCUT2D eigenvalue weighted by Gasteiger charge is -2.27. The molecule has 156 valence electrons. The summed E-state index contributed by atoms with van der Waals surface area (Å²) >= 11 is 7.32. The van der Waals surface area contributed by atoms with Crippen LogP contribution in [0.3, 0.4) is 0 Å². The minimum atomic E-state index is -0.156. The highest BCUT2D eigenvalue weighted by atomic mass is 35.5. The van der Waals surface area contributed by atoms with Crippen molar-refractivity contribution in [1.29, 1.82) is 0 Å². The second-order valence-corrected chi connectivity index (χ2v) is 8.56. The Bertz CT molecular complexity index is 809. The standard InChI is InChI=1S/C20H26ClN5O2S/c21-16-5-3-15(4-6-16)14-18-23-20(29-24-18)26-8-1-2-17(26)19(27)22-7-9-25-10-12-28-13-11-25/h3-6,17H,1-2,7-14H2,(H,22,27). The molecule has 2 aliphatic heterocycles. The molecule has 0 aliphatic carbocycles. The Morgan fingerprint density at radius 1 is 1.24 bits per heavy atom.